The Morgan fingerprint density at radius 2 is 1.54 bits per heavy atom. The van der Waals surface area contributed by atoms with E-state index in [9.17, 15) is 0 Å². The Morgan fingerprint density at radius 3 is 2.42 bits per heavy atom. The van der Waals surface area contributed by atoms with E-state index in [1.165, 1.54) is 26.1 Å². The lowest BCUT2D eigenvalue weighted by Crippen LogP contribution is -1.83. The third-order valence-electron chi connectivity index (χ3n) is 4.29. The first-order valence-corrected chi connectivity index (χ1v) is 9.97. The largest absolute Gasteiger partial charge is 0.229 e. The lowest BCUT2D eigenvalue weighted by molar-refractivity contribution is 1.11. The zero-order valence-corrected chi connectivity index (χ0v) is 15.4. The second kappa shape index (κ2) is 6.56. The molecule has 3 aromatic carbocycles. The summed E-state index contributed by atoms with van der Waals surface area (Å²) < 4.78 is 0. The highest BCUT2D eigenvalue weighted by atomic mass is 32.2. The molecular formula is C22H14N2S2. The zero-order chi connectivity index (χ0) is 17.3. The number of hydrogen-bond acceptors (Lipinski definition) is 4. The van der Waals surface area contributed by atoms with Crippen molar-refractivity contribution in [2.24, 2.45) is 0 Å². The smallest absolute Gasteiger partial charge is 0.128 e. The summed E-state index contributed by atoms with van der Waals surface area (Å²) in [6.07, 6.45) is 1.66. The fourth-order valence-corrected chi connectivity index (χ4v) is 4.98. The number of fused-ring (bicyclic) bond motifs is 2. The highest BCUT2D eigenvalue weighted by Crippen LogP contribution is 2.38. The van der Waals surface area contributed by atoms with Crippen LogP contribution in [-0.4, -0.2) is 9.97 Å². The lowest BCUT2D eigenvalue weighted by atomic mass is 10.1. The molecule has 0 N–H and O–H groups in total. The van der Waals surface area contributed by atoms with Gasteiger partial charge in [-0.1, -0.05) is 72.4 Å². The van der Waals surface area contributed by atoms with E-state index in [2.05, 4.69) is 82.8 Å². The average Bonchev–Trinajstić information content (AvgIpc) is 3.14. The molecule has 0 aliphatic carbocycles. The summed E-state index contributed by atoms with van der Waals surface area (Å²) in [6, 6.07) is 27.6. The molecule has 26 heavy (non-hydrogen) atoms. The third kappa shape index (κ3) is 2.87. The molecule has 0 aliphatic heterocycles. The van der Waals surface area contributed by atoms with Crippen molar-refractivity contribution in [3.8, 4) is 10.4 Å². The van der Waals surface area contributed by atoms with E-state index in [0.29, 0.717) is 0 Å². The molecule has 0 saturated carbocycles. The van der Waals surface area contributed by atoms with Gasteiger partial charge >= 0.3 is 0 Å². The Balaban J connectivity index is 1.56. The summed E-state index contributed by atoms with van der Waals surface area (Å²) in [6.45, 7) is 0. The van der Waals surface area contributed by atoms with Crippen molar-refractivity contribution < 1.29 is 0 Å². The van der Waals surface area contributed by atoms with Gasteiger partial charge in [0.05, 0.1) is 0 Å². The maximum atomic E-state index is 4.55. The monoisotopic (exact) mass is 370 g/mol. The first-order chi connectivity index (χ1) is 12.9. The van der Waals surface area contributed by atoms with Crippen molar-refractivity contribution in [1.29, 1.82) is 0 Å². The quantitative estimate of drug-likeness (QED) is 0.332. The van der Waals surface area contributed by atoms with Gasteiger partial charge in [0.2, 0.25) is 0 Å². The van der Waals surface area contributed by atoms with Crippen LogP contribution < -0.4 is 0 Å². The van der Waals surface area contributed by atoms with Gasteiger partial charge in [-0.25, -0.2) is 9.97 Å². The third-order valence-corrected chi connectivity index (χ3v) is 6.39. The van der Waals surface area contributed by atoms with Crippen molar-refractivity contribution in [2.45, 2.75) is 9.92 Å². The predicted octanol–water partition coefficient (Wildman–Crippen LogP) is 6.66. The number of benzene rings is 3. The van der Waals surface area contributed by atoms with E-state index in [0.717, 1.165) is 15.2 Å². The molecule has 0 unspecified atom stereocenters. The molecule has 2 aromatic heterocycles. The number of thiophene rings is 1. The molecule has 5 aromatic rings. The standard InChI is InChI=1S/C22H14N2S2/c1-2-7-16(8-3-1)20-13-19-21(23-14-24-22(19)26-20)25-18-11-10-15-6-4-5-9-17(15)12-18/h1-14H. The van der Waals surface area contributed by atoms with Crippen molar-refractivity contribution >= 4 is 44.1 Å². The molecule has 0 amide bonds. The van der Waals surface area contributed by atoms with Crippen LogP contribution in [-0.2, 0) is 0 Å². The summed E-state index contributed by atoms with van der Waals surface area (Å²) >= 11 is 3.41. The van der Waals surface area contributed by atoms with Crippen LogP contribution in [0.4, 0.5) is 0 Å². The Morgan fingerprint density at radius 1 is 0.731 bits per heavy atom. The van der Waals surface area contributed by atoms with Gasteiger partial charge in [-0.05, 0) is 34.5 Å². The van der Waals surface area contributed by atoms with Crippen LogP contribution in [0.3, 0.4) is 0 Å². The van der Waals surface area contributed by atoms with E-state index >= 15 is 0 Å². The molecule has 5 rings (SSSR count). The van der Waals surface area contributed by atoms with Gasteiger partial charge in [0, 0.05) is 15.2 Å². The molecule has 2 nitrogen and oxygen atoms in total. The van der Waals surface area contributed by atoms with Gasteiger partial charge < -0.3 is 0 Å². The Kier molecular flexibility index (Phi) is 3.92. The summed E-state index contributed by atoms with van der Waals surface area (Å²) in [5.41, 5.74) is 1.22. The van der Waals surface area contributed by atoms with E-state index in [1.807, 2.05) is 6.07 Å². The van der Waals surface area contributed by atoms with Crippen molar-refractivity contribution in [1.82, 2.24) is 9.97 Å². The minimum Gasteiger partial charge on any atom is -0.229 e. The van der Waals surface area contributed by atoms with Crippen LogP contribution in [0.2, 0.25) is 0 Å². The molecule has 0 aliphatic rings. The first-order valence-electron chi connectivity index (χ1n) is 8.33. The summed E-state index contributed by atoms with van der Waals surface area (Å²) in [4.78, 5) is 12.5. The number of nitrogens with zero attached hydrogens (tertiary/aromatic N) is 2. The summed E-state index contributed by atoms with van der Waals surface area (Å²) in [7, 11) is 0. The van der Waals surface area contributed by atoms with Crippen LogP contribution in [0.25, 0.3) is 31.4 Å². The highest BCUT2D eigenvalue weighted by Gasteiger charge is 2.11. The van der Waals surface area contributed by atoms with E-state index in [4.69, 9.17) is 0 Å². The van der Waals surface area contributed by atoms with Gasteiger partial charge in [-0.15, -0.1) is 11.3 Å². The number of rotatable bonds is 3. The van der Waals surface area contributed by atoms with Gasteiger partial charge in [-0.2, -0.15) is 0 Å². The molecule has 0 fully saturated rings. The predicted molar refractivity (Wildman–Crippen MR) is 111 cm³/mol. The maximum Gasteiger partial charge on any atom is 0.128 e. The van der Waals surface area contributed by atoms with Gasteiger partial charge in [0.15, 0.2) is 0 Å². The van der Waals surface area contributed by atoms with Crippen LogP contribution >= 0.6 is 23.1 Å². The molecule has 0 spiro atoms. The van der Waals surface area contributed by atoms with Crippen molar-refractivity contribution in [3.05, 3.63) is 85.2 Å². The summed E-state index contributed by atoms with van der Waals surface area (Å²) in [5.74, 6) is 0. The van der Waals surface area contributed by atoms with Crippen LogP contribution in [0.1, 0.15) is 0 Å². The Labute approximate surface area is 159 Å². The molecule has 4 heteroatoms. The second-order valence-corrected chi connectivity index (χ2v) is 8.08. The van der Waals surface area contributed by atoms with Crippen LogP contribution in [0.5, 0.6) is 0 Å². The van der Waals surface area contributed by atoms with Crippen LogP contribution in [0.15, 0.2) is 95.1 Å². The van der Waals surface area contributed by atoms with Gasteiger partial charge in [0.1, 0.15) is 16.2 Å². The number of hydrogen-bond donors (Lipinski definition) is 0. The fraction of sp³-hybridized carbons (Fsp3) is 0. The topological polar surface area (TPSA) is 25.8 Å². The van der Waals surface area contributed by atoms with E-state index in [1.54, 1.807) is 29.4 Å². The Hall–Kier alpha value is -2.69. The van der Waals surface area contributed by atoms with Crippen molar-refractivity contribution in [3.63, 3.8) is 0 Å². The first kappa shape index (κ1) is 15.6. The van der Waals surface area contributed by atoms with Crippen LogP contribution in [0, 0.1) is 0 Å². The Bertz CT molecular complexity index is 1210. The van der Waals surface area contributed by atoms with Crippen molar-refractivity contribution in [2.75, 3.05) is 0 Å². The summed E-state index contributed by atoms with van der Waals surface area (Å²) in [5, 5.41) is 4.63. The maximum absolute atomic E-state index is 4.55. The molecule has 124 valence electrons. The van der Waals surface area contributed by atoms with E-state index < -0.39 is 0 Å². The molecule has 0 saturated heterocycles. The number of aromatic nitrogens is 2. The molecular weight excluding hydrogens is 356 g/mol. The van der Waals surface area contributed by atoms with Gasteiger partial charge in [-0.3, -0.25) is 0 Å². The SMILES string of the molecule is c1ccc(-c2cc3c(Sc4ccc5ccccc5c4)ncnc3s2)cc1. The normalized spacial score (nSPS) is 11.2. The second-order valence-electron chi connectivity index (χ2n) is 5.99. The minimum absolute atomic E-state index is 1.00. The minimum atomic E-state index is 1.00. The molecule has 0 bridgehead atoms. The highest BCUT2D eigenvalue weighted by molar-refractivity contribution is 7.99. The lowest BCUT2D eigenvalue weighted by Gasteiger charge is -2.04. The fourth-order valence-electron chi connectivity index (χ4n) is 3.00. The van der Waals surface area contributed by atoms with E-state index in [-0.39, 0.29) is 0 Å². The molecule has 0 radical (unpaired) electrons. The zero-order valence-electron chi connectivity index (χ0n) is 13.8. The average molecular weight is 371 g/mol. The van der Waals surface area contributed by atoms with Gasteiger partial charge in [0.25, 0.3) is 0 Å². The molecule has 0 atom stereocenters. The molecule has 2 heterocycles.